The van der Waals surface area contributed by atoms with Gasteiger partial charge in [-0.2, -0.15) is 0 Å². The Labute approximate surface area is 184 Å². The van der Waals surface area contributed by atoms with E-state index in [2.05, 4.69) is 5.32 Å². The number of hydrogen-bond acceptors (Lipinski definition) is 6. The fraction of sp³-hybridized carbons (Fsp3) is 0.381. The van der Waals surface area contributed by atoms with Crippen LogP contribution in [-0.2, 0) is 9.53 Å². The maximum absolute atomic E-state index is 12.8. The third kappa shape index (κ3) is 5.31. The molecule has 7 nitrogen and oxygen atoms in total. The number of nitrogens with zero attached hydrogens (tertiary/aromatic N) is 1. The van der Waals surface area contributed by atoms with Gasteiger partial charge in [0.2, 0.25) is 0 Å². The average molecular weight is 453 g/mol. The van der Waals surface area contributed by atoms with Gasteiger partial charge in [-0.05, 0) is 57.0 Å². The van der Waals surface area contributed by atoms with Crippen LogP contribution >= 0.6 is 22.9 Å². The molecule has 9 heteroatoms. The second-order valence-electron chi connectivity index (χ2n) is 6.48. The first kappa shape index (κ1) is 23.7. The first-order chi connectivity index (χ1) is 14.2. The summed E-state index contributed by atoms with van der Waals surface area (Å²) < 4.78 is 10.4. The van der Waals surface area contributed by atoms with Gasteiger partial charge in [0.05, 0.1) is 17.6 Å². The molecule has 2 aromatic rings. The smallest absolute Gasteiger partial charge is 0.341 e. The van der Waals surface area contributed by atoms with E-state index in [1.165, 1.54) is 7.11 Å². The Morgan fingerprint density at radius 1 is 1.17 bits per heavy atom. The lowest BCUT2D eigenvalue weighted by Crippen LogP contribution is -2.30. The highest BCUT2D eigenvalue weighted by atomic mass is 35.5. The van der Waals surface area contributed by atoms with E-state index in [9.17, 15) is 14.4 Å². The highest BCUT2D eigenvalue weighted by Crippen LogP contribution is 2.34. The van der Waals surface area contributed by atoms with Crippen molar-refractivity contribution in [1.82, 2.24) is 4.90 Å². The quantitative estimate of drug-likeness (QED) is 0.603. The summed E-state index contributed by atoms with van der Waals surface area (Å²) in [5.74, 6) is -0.742. The minimum Gasteiger partial charge on any atom is -0.483 e. The number of rotatable bonds is 8. The normalized spacial score (nSPS) is 10.5. The molecule has 0 spiro atoms. The molecule has 162 valence electrons. The summed E-state index contributed by atoms with van der Waals surface area (Å²) in [5, 5.41) is 3.51. The molecule has 0 fully saturated rings. The Hall–Kier alpha value is -2.58. The van der Waals surface area contributed by atoms with Crippen LogP contribution in [0.5, 0.6) is 5.75 Å². The monoisotopic (exact) mass is 452 g/mol. The molecule has 1 aromatic carbocycles. The van der Waals surface area contributed by atoms with E-state index in [1.807, 2.05) is 20.8 Å². The minimum absolute atomic E-state index is 0.175. The molecule has 0 saturated carbocycles. The molecule has 1 N–H and O–H groups in total. The van der Waals surface area contributed by atoms with Gasteiger partial charge in [-0.15, -0.1) is 11.3 Å². The van der Waals surface area contributed by atoms with Gasteiger partial charge in [-0.25, -0.2) is 4.79 Å². The van der Waals surface area contributed by atoms with Crippen LogP contribution in [0.3, 0.4) is 0 Å². The van der Waals surface area contributed by atoms with Crippen LogP contribution in [-0.4, -0.2) is 49.5 Å². The number of aryl methyl sites for hydroxylation is 1. The molecule has 2 amide bonds. The second-order valence-corrected chi connectivity index (χ2v) is 7.93. The number of carbonyl (C=O) groups excluding carboxylic acids is 3. The van der Waals surface area contributed by atoms with Gasteiger partial charge in [-0.1, -0.05) is 11.6 Å². The summed E-state index contributed by atoms with van der Waals surface area (Å²) in [5.41, 5.74) is 1.45. The van der Waals surface area contributed by atoms with Crippen molar-refractivity contribution >= 4 is 45.7 Å². The number of amides is 2. The van der Waals surface area contributed by atoms with Crippen LogP contribution in [0.4, 0.5) is 5.00 Å². The largest absolute Gasteiger partial charge is 0.483 e. The van der Waals surface area contributed by atoms with E-state index in [1.54, 1.807) is 30.0 Å². The molecule has 0 atom stereocenters. The summed E-state index contributed by atoms with van der Waals surface area (Å²) in [6.45, 7) is 8.06. The standard InChI is InChI=1S/C21H25ClN2O5S/c1-6-24(7-2)20(26)18-13(4)17(21(27)28-5)19(30-18)23-16(25)11-29-15-9-8-14(22)10-12(15)3/h8-10H,6-7,11H2,1-5H3,(H,23,25). The maximum Gasteiger partial charge on any atom is 0.341 e. The Kier molecular flexibility index (Phi) is 8.25. The van der Waals surface area contributed by atoms with Gasteiger partial charge in [0.1, 0.15) is 10.8 Å². The highest BCUT2D eigenvalue weighted by Gasteiger charge is 2.28. The van der Waals surface area contributed by atoms with E-state index in [-0.39, 0.29) is 23.1 Å². The van der Waals surface area contributed by atoms with E-state index < -0.39 is 11.9 Å². The van der Waals surface area contributed by atoms with Gasteiger partial charge in [0, 0.05) is 18.1 Å². The molecule has 0 unspecified atom stereocenters. The minimum atomic E-state index is -0.618. The van der Waals surface area contributed by atoms with Crippen molar-refractivity contribution in [3.8, 4) is 5.75 Å². The molecule has 0 saturated heterocycles. The number of halogens is 1. The SMILES string of the molecule is CCN(CC)C(=O)c1sc(NC(=O)COc2ccc(Cl)cc2C)c(C(=O)OC)c1C. The van der Waals surface area contributed by atoms with Crippen LogP contribution in [0.25, 0.3) is 0 Å². The van der Waals surface area contributed by atoms with Crippen LogP contribution in [0.1, 0.15) is 45.0 Å². The van der Waals surface area contributed by atoms with Gasteiger partial charge in [0.25, 0.3) is 11.8 Å². The van der Waals surface area contributed by atoms with Crippen molar-refractivity contribution in [2.75, 3.05) is 32.1 Å². The van der Waals surface area contributed by atoms with Crippen molar-refractivity contribution in [3.63, 3.8) is 0 Å². The van der Waals surface area contributed by atoms with Crippen LogP contribution in [0.2, 0.25) is 5.02 Å². The van der Waals surface area contributed by atoms with Gasteiger partial charge < -0.3 is 19.7 Å². The van der Waals surface area contributed by atoms with E-state index in [0.717, 1.165) is 16.9 Å². The zero-order valence-corrected chi connectivity index (χ0v) is 19.2. The van der Waals surface area contributed by atoms with E-state index in [4.69, 9.17) is 21.1 Å². The van der Waals surface area contributed by atoms with Crippen LogP contribution in [0.15, 0.2) is 18.2 Å². The predicted molar refractivity (Wildman–Crippen MR) is 118 cm³/mol. The lowest BCUT2D eigenvalue weighted by atomic mass is 10.1. The number of ether oxygens (including phenoxy) is 2. The number of hydrogen-bond donors (Lipinski definition) is 1. The molecule has 0 bridgehead atoms. The predicted octanol–water partition coefficient (Wildman–Crippen LogP) is 4.30. The number of methoxy groups -OCH3 is 1. The first-order valence-electron chi connectivity index (χ1n) is 9.43. The number of carbonyl (C=O) groups is 3. The number of benzene rings is 1. The second kappa shape index (κ2) is 10.4. The third-order valence-electron chi connectivity index (χ3n) is 4.53. The van der Waals surface area contributed by atoms with Crippen molar-refractivity contribution < 1.29 is 23.9 Å². The fourth-order valence-corrected chi connectivity index (χ4v) is 4.29. The molecule has 30 heavy (non-hydrogen) atoms. The Morgan fingerprint density at radius 2 is 1.83 bits per heavy atom. The van der Waals surface area contributed by atoms with Crippen LogP contribution in [0, 0.1) is 13.8 Å². The molecular weight excluding hydrogens is 428 g/mol. The topological polar surface area (TPSA) is 84.9 Å². The number of anilines is 1. The average Bonchev–Trinajstić information content (AvgIpc) is 3.03. The third-order valence-corrected chi connectivity index (χ3v) is 5.96. The Balaban J connectivity index is 2.24. The molecule has 0 aliphatic heterocycles. The van der Waals surface area contributed by atoms with Crippen molar-refractivity contribution in [1.29, 1.82) is 0 Å². The van der Waals surface area contributed by atoms with Gasteiger partial charge in [0.15, 0.2) is 6.61 Å². The van der Waals surface area contributed by atoms with Crippen molar-refractivity contribution in [2.24, 2.45) is 0 Å². The lowest BCUT2D eigenvalue weighted by molar-refractivity contribution is -0.118. The maximum atomic E-state index is 12.8. The lowest BCUT2D eigenvalue weighted by Gasteiger charge is -2.17. The first-order valence-corrected chi connectivity index (χ1v) is 10.6. The van der Waals surface area contributed by atoms with Crippen molar-refractivity contribution in [3.05, 3.63) is 44.8 Å². The van der Waals surface area contributed by atoms with E-state index >= 15 is 0 Å². The molecule has 0 radical (unpaired) electrons. The highest BCUT2D eigenvalue weighted by molar-refractivity contribution is 7.18. The summed E-state index contributed by atoms with van der Waals surface area (Å²) >= 11 is 6.98. The molecule has 1 aromatic heterocycles. The van der Waals surface area contributed by atoms with Gasteiger partial charge >= 0.3 is 5.97 Å². The summed E-state index contributed by atoms with van der Waals surface area (Å²) in [6, 6.07) is 5.09. The summed E-state index contributed by atoms with van der Waals surface area (Å²) in [4.78, 5) is 39.6. The van der Waals surface area contributed by atoms with Gasteiger partial charge in [-0.3, -0.25) is 9.59 Å². The number of nitrogens with one attached hydrogen (secondary N) is 1. The fourth-order valence-electron chi connectivity index (χ4n) is 2.89. The molecule has 2 rings (SSSR count). The zero-order chi connectivity index (χ0) is 22.4. The summed E-state index contributed by atoms with van der Waals surface area (Å²) in [6.07, 6.45) is 0. The van der Waals surface area contributed by atoms with Crippen LogP contribution < -0.4 is 10.1 Å². The number of esters is 1. The van der Waals surface area contributed by atoms with Crippen molar-refractivity contribution in [2.45, 2.75) is 27.7 Å². The molecule has 0 aliphatic rings. The Bertz CT molecular complexity index is 953. The number of thiophene rings is 1. The zero-order valence-electron chi connectivity index (χ0n) is 17.6. The Morgan fingerprint density at radius 3 is 2.40 bits per heavy atom. The molecule has 1 heterocycles. The van der Waals surface area contributed by atoms with E-state index in [0.29, 0.717) is 34.3 Å². The molecule has 0 aliphatic carbocycles. The summed E-state index contributed by atoms with van der Waals surface area (Å²) in [7, 11) is 1.25. The molecular formula is C21H25ClN2O5S.